The Morgan fingerprint density at radius 2 is 1.86 bits per heavy atom. The number of halogens is 6. The lowest BCUT2D eigenvalue weighted by Gasteiger charge is -2.22. The summed E-state index contributed by atoms with van der Waals surface area (Å²) < 4.78 is 88.3. The third-order valence-corrected chi connectivity index (χ3v) is 8.39. The summed E-state index contributed by atoms with van der Waals surface area (Å²) in [6, 6.07) is 11.0. The van der Waals surface area contributed by atoms with Gasteiger partial charge in [-0.1, -0.05) is 18.2 Å². The van der Waals surface area contributed by atoms with Crippen LogP contribution in [0.5, 0.6) is 0 Å². The van der Waals surface area contributed by atoms with Gasteiger partial charge in [-0.15, -0.1) is 0 Å². The third kappa shape index (κ3) is 4.70. The van der Waals surface area contributed by atoms with Crippen LogP contribution in [0.3, 0.4) is 0 Å². The van der Waals surface area contributed by atoms with Gasteiger partial charge in [0.25, 0.3) is 12.3 Å². The first-order valence-corrected chi connectivity index (χ1v) is 13.9. The number of benzene rings is 2. The number of rotatable bonds is 8. The summed E-state index contributed by atoms with van der Waals surface area (Å²) in [6.07, 6.45) is 0.111. The van der Waals surface area contributed by atoms with E-state index in [-0.39, 0.29) is 24.0 Å². The second-order valence-corrected chi connectivity index (χ2v) is 11.3. The number of pyridine rings is 1. The minimum Gasteiger partial charge on any atom is -0.346 e. The topological polar surface area (TPSA) is 77.6 Å². The van der Waals surface area contributed by atoms with E-state index >= 15 is 8.78 Å². The molecule has 2 aliphatic rings. The van der Waals surface area contributed by atoms with Gasteiger partial charge in [0, 0.05) is 41.7 Å². The number of nitrogens with zero attached hydrogens (tertiary/aromatic N) is 5. The molecule has 3 aromatic heterocycles. The molecule has 2 aliphatic carbocycles. The second-order valence-electron chi connectivity index (χ2n) is 11.3. The molecule has 0 saturated heterocycles. The van der Waals surface area contributed by atoms with Gasteiger partial charge in [-0.05, 0) is 54.2 Å². The highest BCUT2D eigenvalue weighted by atomic mass is 19.3. The number of nitrogens with one attached hydrogen (secondary N) is 1. The maximum Gasteiger partial charge on any atom is 0.293 e. The molecule has 0 bridgehead atoms. The van der Waals surface area contributed by atoms with Gasteiger partial charge in [0.1, 0.15) is 29.6 Å². The molecule has 1 saturated carbocycles. The summed E-state index contributed by atoms with van der Waals surface area (Å²) in [5.74, 6) is -7.62. The molecule has 7 rings (SSSR count). The fourth-order valence-electron chi connectivity index (χ4n) is 6.38. The first-order valence-electron chi connectivity index (χ1n) is 13.9. The van der Waals surface area contributed by atoms with Crippen LogP contribution in [-0.2, 0) is 30.7 Å². The van der Waals surface area contributed by atoms with Crippen LogP contribution in [0.4, 0.5) is 26.3 Å². The predicted molar refractivity (Wildman–Crippen MR) is 147 cm³/mol. The highest BCUT2D eigenvalue weighted by molar-refractivity contribution is 5.85. The van der Waals surface area contributed by atoms with E-state index in [0.717, 1.165) is 34.7 Å². The second kappa shape index (κ2) is 10.2. The smallest absolute Gasteiger partial charge is 0.293 e. The summed E-state index contributed by atoms with van der Waals surface area (Å²) in [6.45, 7) is -0.763. The molecular formula is C31H24F6N6O. The van der Waals surface area contributed by atoms with Crippen LogP contribution in [0.1, 0.15) is 53.0 Å². The van der Waals surface area contributed by atoms with Crippen LogP contribution in [0.25, 0.3) is 22.0 Å². The van der Waals surface area contributed by atoms with Gasteiger partial charge >= 0.3 is 0 Å². The summed E-state index contributed by atoms with van der Waals surface area (Å²) in [4.78, 5) is 17.9. The monoisotopic (exact) mass is 610 g/mol. The summed E-state index contributed by atoms with van der Waals surface area (Å²) >= 11 is 0. The molecule has 0 aliphatic heterocycles. The van der Waals surface area contributed by atoms with Crippen LogP contribution < -0.4 is 5.32 Å². The summed E-state index contributed by atoms with van der Waals surface area (Å²) in [5.41, 5.74) is 1.13. The van der Waals surface area contributed by atoms with Crippen molar-refractivity contribution in [3.8, 4) is 11.1 Å². The summed E-state index contributed by atoms with van der Waals surface area (Å²) in [5, 5.41) is 11.6. The number of carbonyl (C=O) groups excluding carboxylic acids is 1. The Bertz CT molecular complexity index is 1910. The maximum atomic E-state index is 15.1. The quantitative estimate of drug-likeness (QED) is 0.208. The van der Waals surface area contributed by atoms with Crippen molar-refractivity contribution in [3.05, 3.63) is 101 Å². The lowest BCUT2D eigenvalue weighted by Crippen LogP contribution is -2.35. The van der Waals surface area contributed by atoms with Crippen molar-refractivity contribution in [2.75, 3.05) is 0 Å². The molecule has 13 heteroatoms. The van der Waals surface area contributed by atoms with Crippen LogP contribution >= 0.6 is 0 Å². The lowest BCUT2D eigenvalue weighted by atomic mass is 9.95. The van der Waals surface area contributed by atoms with Crippen molar-refractivity contribution in [3.63, 3.8) is 0 Å². The first kappa shape index (κ1) is 28.1. The standard InChI is InChI=1S/C31H24F6N6O/c1-42-24-10-16(4-5-17(24)13-39-42)20-3-2-6-38-27(20)23(9-15-7-18(32)11-19(33)8-15)40-25(44)14-43-29-26(28(41-43)30(34)35)21-12-22(21)31(29,36)37/h2-8,10-11,13,21-23,30H,9,12,14H2,1H3,(H,40,44). The fourth-order valence-corrected chi connectivity index (χ4v) is 6.38. The molecule has 44 heavy (non-hydrogen) atoms. The highest BCUT2D eigenvalue weighted by Gasteiger charge is 2.67. The molecule has 3 atom stereocenters. The summed E-state index contributed by atoms with van der Waals surface area (Å²) in [7, 11) is 1.79. The Balaban J connectivity index is 1.26. The Labute approximate surface area is 246 Å². The van der Waals surface area contributed by atoms with E-state index in [1.165, 1.54) is 6.20 Å². The largest absolute Gasteiger partial charge is 0.346 e. The van der Waals surface area contributed by atoms with E-state index in [9.17, 15) is 22.4 Å². The lowest BCUT2D eigenvalue weighted by molar-refractivity contribution is -0.123. The molecule has 5 aromatic rings. The molecular weight excluding hydrogens is 586 g/mol. The zero-order valence-corrected chi connectivity index (χ0v) is 23.1. The van der Waals surface area contributed by atoms with Crippen LogP contribution in [0.2, 0.25) is 0 Å². The van der Waals surface area contributed by atoms with Crippen molar-refractivity contribution < 1.29 is 31.1 Å². The van der Waals surface area contributed by atoms with E-state index in [1.807, 2.05) is 18.2 Å². The van der Waals surface area contributed by atoms with Crippen LogP contribution in [-0.4, -0.2) is 30.5 Å². The fraction of sp³-hybridized carbons (Fsp3) is 0.290. The average molecular weight is 611 g/mol. The van der Waals surface area contributed by atoms with E-state index in [4.69, 9.17) is 0 Å². The SMILES string of the molecule is Cn1ncc2ccc(-c3cccnc3C(Cc3cc(F)cc(F)c3)NC(=O)Cn3nc(C(F)F)c4c3C(F)(F)C3CC43)cc21. The number of hydrogen-bond donors (Lipinski definition) is 1. The van der Waals surface area contributed by atoms with E-state index in [0.29, 0.717) is 15.9 Å². The van der Waals surface area contributed by atoms with Gasteiger partial charge in [-0.2, -0.15) is 19.0 Å². The van der Waals surface area contributed by atoms with Gasteiger partial charge in [0.2, 0.25) is 5.91 Å². The van der Waals surface area contributed by atoms with E-state index < -0.39 is 65.7 Å². The molecule has 1 amide bonds. The number of aryl methyl sites for hydroxylation is 1. The minimum absolute atomic E-state index is 0.0942. The Morgan fingerprint density at radius 1 is 1.09 bits per heavy atom. The first-order chi connectivity index (χ1) is 21.0. The van der Waals surface area contributed by atoms with Gasteiger partial charge in [-0.3, -0.25) is 19.1 Å². The normalized spacial score (nSPS) is 18.8. The average Bonchev–Trinajstić information content (AvgIpc) is 3.48. The van der Waals surface area contributed by atoms with Crippen molar-refractivity contribution in [1.82, 2.24) is 29.9 Å². The Hall–Kier alpha value is -4.68. The van der Waals surface area contributed by atoms with Gasteiger partial charge in [0.15, 0.2) is 0 Å². The van der Waals surface area contributed by atoms with Crippen molar-refractivity contribution in [1.29, 1.82) is 0 Å². The predicted octanol–water partition coefficient (Wildman–Crippen LogP) is 6.36. The van der Waals surface area contributed by atoms with Crippen LogP contribution in [0, 0.1) is 17.6 Å². The number of aromatic nitrogens is 5. The molecule has 226 valence electrons. The maximum absolute atomic E-state index is 15.1. The molecule has 2 aromatic carbocycles. The Kier molecular flexibility index (Phi) is 6.52. The number of carbonyl (C=O) groups is 1. The molecule has 1 fully saturated rings. The molecule has 3 unspecified atom stereocenters. The number of amides is 1. The van der Waals surface area contributed by atoms with Crippen LogP contribution in [0.15, 0.2) is 60.9 Å². The highest BCUT2D eigenvalue weighted by Crippen LogP contribution is 2.68. The molecule has 3 heterocycles. The Morgan fingerprint density at radius 3 is 2.61 bits per heavy atom. The minimum atomic E-state index is -3.39. The third-order valence-electron chi connectivity index (χ3n) is 8.39. The van der Waals surface area contributed by atoms with Gasteiger partial charge in [0.05, 0.1) is 23.4 Å². The van der Waals surface area contributed by atoms with E-state index in [2.05, 4.69) is 20.5 Å². The van der Waals surface area contributed by atoms with Crippen molar-refractivity contribution in [2.45, 2.75) is 43.7 Å². The number of hydrogen-bond acceptors (Lipinski definition) is 4. The van der Waals surface area contributed by atoms with Crippen molar-refractivity contribution >= 4 is 16.8 Å². The van der Waals surface area contributed by atoms with Gasteiger partial charge in [-0.25, -0.2) is 17.6 Å². The van der Waals surface area contributed by atoms with Crippen molar-refractivity contribution in [2.24, 2.45) is 13.0 Å². The molecule has 1 N–H and O–H groups in total. The number of alkyl halides is 4. The molecule has 0 spiro atoms. The number of fused-ring (bicyclic) bond motifs is 4. The van der Waals surface area contributed by atoms with Gasteiger partial charge < -0.3 is 5.32 Å². The molecule has 7 nitrogen and oxygen atoms in total. The zero-order chi connectivity index (χ0) is 30.9. The molecule has 0 radical (unpaired) electrons. The van der Waals surface area contributed by atoms with E-state index in [1.54, 1.807) is 30.1 Å². The zero-order valence-electron chi connectivity index (χ0n) is 23.1.